The van der Waals surface area contributed by atoms with Crippen LogP contribution in [0, 0.1) is 6.92 Å². The number of rotatable bonds is 6. The first-order chi connectivity index (χ1) is 14.9. The number of aryl methyl sites for hydroxylation is 1. The molecule has 0 spiro atoms. The molecule has 0 fully saturated rings. The lowest BCUT2D eigenvalue weighted by molar-refractivity contribution is -0.144. The SMILES string of the molecule is COc1ccc(C(=O)NC2(C(=O)O)Cc3ccccc3C2)cc1Cc1ccc(C)cc1. The molecule has 4 rings (SSSR count). The summed E-state index contributed by atoms with van der Waals surface area (Å²) in [6, 6.07) is 21.0. The average molecular weight is 415 g/mol. The van der Waals surface area contributed by atoms with Crippen molar-refractivity contribution in [3.8, 4) is 5.75 Å². The maximum absolute atomic E-state index is 13.1. The van der Waals surface area contributed by atoms with Gasteiger partial charge in [-0.25, -0.2) is 4.79 Å². The monoisotopic (exact) mass is 415 g/mol. The van der Waals surface area contributed by atoms with E-state index in [0.29, 0.717) is 17.7 Å². The molecule has 0 bridgehead atoms. The lowest BCUT2D eigenvalue weighted by Crippen LogP contribution is -2.55. The molecule has 3 aromatic rings. The van der Waals surface area contributed by atoms with Crippen LogP contribution in [0.25, 0.3) is 0 Å². The number of methoxy groups -OCH3 is 1. The largest absolute Gasteiger partial charge is 0.496 e. The first-order valence-corrected chi connectivity index (χ1v) is 10.3. The van der Waals surface area contributed by atoms with Crippen molar-refractivity contribution in [2.45, 2.75) is 31.7 Å². The summed E-state index contributed by atoms with van der Waals surface area (Å²) in [5.74, 6) is -0.730. The van der Waals surface area contributed by atoms with Gasteiger partial charge >= 0.3 is 5.97 Å². The smallest absolute Gasteiger partial charge is 0.330 e. The van der Waals surface area contributed by atoms with Gasteiger partial charge in [-0.15, -0.1) is 0 Å². The van der Waals surface area contributed by atoms with E-state index in [0.717, 1.165) is 22.3 Å². The molecule has 0 saturated heterocycles. The number of carboxylic acids is 1. The van der Waals surface area contributed by atoms with E-state index in [-0.39, 0.29) is 12.8 Å². The van der Waals surface area contributed by atoms with Crippen molar-refractivity contribution in [2.24, 2.45) is 0 Å². The Bertz CT molecular complexity index is 1110. The predicted molar refractivity (Wildman–Crippen MR) is 119 cm³/mol. The Morgan fingerprint density at radius 1 is 1.00 bits per heavy atom. The molecule has 1 amide bonds. The van der Waals surface area contributed by atoms with E-state index in [9.17, 15) is 14.7 Å². The summed E-state index contributed by atoms with van der Waals surface area (Å²) in [6.07, 6.45) is 1.16. The number of carbonyl (C=O) groups is 2. The highest BCUT2D eigenvalue weighted by Crippen LogP contribution is 2.31. The van der Waals surface area contributed by atoms with Crippen LogP contribution < -0.4 is 10.1 Å². The minimum Gasteiger partial charge on any atom is -0.496 e. The van der Waals surface area contributed by atoms with E-state index >= 15 is 0 Å². The topological polar surface area (TPSA) is 75.6 Å². The van der Waals surface area contributed by atoms with Gasteiger partial charge in [0, 0.05) is 24.8 Å². The summed E-state index contributed by atoms with van der Waals surface area (Å²) in [5, 5.41) is 12.8. The van der Waals surface area contributed by atoms with Gasteiger partial charge in [-0.1, -0.05) is 54.1 Å². The molecular weight excluding hydrogens is 390 g/mol. The van der Waals surface area contributed by atoms with E-state index in [1.165, 1.54) is 5.56 Å². The van der Waals surface area contributed by atoms with E-state index < -0.39 is 17.4 Å². The average Bonchev–Trinajstić information content (AvgIpc) is 3.15. The summed E-state index contributed by atoms with van der Waals surface area (Å²) in [4.78, 5) is 25.3. The Hall–Kier alpha value is -3.60. The number of benzene rings is 3. The van der Waals surface area contributed by atoms with Gasteiger partial charge in [0.2, 0.25) is 0 Å². The van der Waals surface area contributed by atoms with Crippen molar-refractivity contribution in [1.29, 1.82) is 0 Å². The van der Waals surface area contributed by atoms with Crippen LogP contribution in [0.2, 0.25) is 0 Å². The summed E-state index contributed by atoms with van der Waals surface area (Å²) < 4.78 is 5.48. The molecule has 0 atom stereocenters. The molecule has 0 aliphatic heterocycles. The molecule has 0 heterocycles. The van der Waals surface area contributed by atoms with Crippen LogP contribution in [0.4, 0.5) is 0 Å². The highest BCUT2D eigenvalue weighted by Gasteiger charge is 2.45. The highest BCUT2D eigenvalue weighted by molar-refractivity contribution is 5.98. The third kappa shape index (κ3) is 4.17. The summed E-state index contributed by atoms with van der Waals surface area (Å²) in [5.41, 5.74) is 4.16. The van der Waals surface area contributed by atoms with Gasteiger partial charge in [0.25, 0.3) is 5.91 Å². The van der Waals surface area contributed by atoms with Crippen LogP contribution in [-0.4, -0.2) is 29.6 Å². The van der Waals surface area contributed by atoms with E-state index in [1.807, 2.05) is 43.3 Å². The second-order valence-electron chi connectivity index (χ2n) is 8.15. The minimum absolute atomic E-state index is 0.274. The Balaban J connectivity index is 1.59. The van der Waals surface area contributed by atoms with Gasteiger partial charge in [-0.3, -0.25) is 4.79 Å². The minimum atomic E-state index is -1.34. The van der Waals surface area contributed by atoms with Crippen molar-refractivity contribution in [3.05, 3.63) is 100 Å². The van der Waals surface area contributed by atoms with Gasteiger partial charge in [-0.05, 0) is 47.4 Å². The molecule has 2 N–H and O–H groups in total. The summed E-state index contributed by atoms with van der Waals surface area (Å²) in [6.45, 7) is 2.04. The third-order valence-electron chi connectivity index (χ3n) is 5.92. The lowest BCUT2D eigenvalue weighted by Gasteiger charge is -2.25. The van der Waals surface area contributed by atoms with Gasteiger partial charge in [0.1, 0.15) is 11.3 Å². The number of fused-ring (bicyclic) bond motifs is 1. The molecule has 31 heavy (non-hydrogen) atoms. The van der Waals surface area contributed by atoms with Crippen LogP contribution in [0.15, 0.2) is 66.7 Å². The Labute approximate surface area is 181 Å². The lowest BCUT2D eigenvalue weighted by atomic mass is 9.94. The molecule has 5 heteroatoms. The molecular formula is C26H25NO4. The standard InChI is InChI=1S/C26H25NO4/c1-17-7-9-18(10-8-17)13-22-14-19(11-12-23(22)31-2)24(28)27-26(25(29)30)15-20-5-3-4-6-21(20)16-26/h3-12,14H,13,15-16H2,1-2H3,(H,27,28)(H,29,30). The van der Waals surface area contributed by atoms with Gasteiger partial charge in [0.15, 0.2) is 0 Å². The zero-order valence-electron chi connectivity index (χ0n) is 17.6. The summed E-state index contributed by atoms with van der Waals surface area (Å²) in [7, 11) is 1.60. The maximum atomic E-state index is 13.1. The number of carbonyl (C=O) groups excluding carboxylic acids is 1. The quantitative estimate of drug-likeness (QED) is 0.639. The van der Waals surface area contributed by atoms with Crippen molar-refractivity contribution in [1.82, 2.24) is 5.32 Å². The molecule has 0 unspecified atom stereocenters. The van der Waals surface area contributed by atoms with E-state index in [2.05, 4.69) is 17.4 Å². The Kier molecular flexibility index (Phi) is 5.51. The first kappa shape index (κ1) is 20.7. The molecule has 3 aromatic carbocycles. The molecule has 0 aromatic heterocycles. The zero-order chi connectivity index (χ0) is 22.0. The zero-order valence-corrected chi connectivity index (χ0v) is 17.6. The number of aliphatic carboxylic acids is 1. The number of hydrogen-bond acceptors (Lipinski definition) is 3. The molecule has 5 nitrogen and oxygen atoms in total. The summed E-state index contributed by atoms with van der Waals surface area (Å²) >= 11 is 0. The Morgan fingerprint density at radius 2 is 1.65 bits per heavy atom. The molecule has 0 radical (unpaired) electrons. The molecule has 1 aliphatic carbocycles. The van der Waals surface area contributed by atoms with Gasteiger partial charge in [-0.2, -0.15) is 0 Å². The van der Waals surface area contributed by atoms with Crippen LogP contribution in [-0.2, 0) is 24.1 Å². The van der Waals surface area contributed by atoms with Crippen LogP contribution in [0.3, 0.4) is 0 Å². The fourth-order valence-corrected chi connectivity index (χ4v) is 4.18. The molecule has 158 valence electrons. The second-order valence-corrected chi connectivity index (χ2v) is 8.15. The van der Waals surface area contributed by atoms with Gasteiger partial charge in [0.05, 0.1) is 7.11 Å². The van der Waals surface area contributed by atoms with Gasteiger partial charge < -0.3 is 15.2 Å². The predicted octanol–water partition coefficient (Wildman–Crippen LogP) is 3.95. The fourth-order valence-electron chi connectivity index (χ4n) is 4.18. The van der Waals surface area contributed by atoms with Crippen molar-refractivity contribution < 1.29 is 19.4 Å². The number of ether oxygens (including phenoxy) is 1. The van der Waals surface area contributed by atoms with Crippen LogP contribution >= 0.6 is 0 Å². The number of amides is 1. The number of carboxylic acid groups (broad SMARTS) is 1. The second kappa shape index (κ2) is 8.26. The first-order valence-electron chi connectivity index (χ1n) is 10.3. The number of nitrogens with one attached hydrogen (secondary N) is 1. The van der Waals surface area contributed by atoms with E-state index in [4.69, 9.17) is 4.74 Å². The molecule has 1 aliphatic rings. The fraction of sp³-hybridized carbons (Fsp3) is 0.231. The van der Waals surface area contributed by atoms with Crippen molar-refractivity contribution in [2.75, 3.05) is 7.11 Å². The van der Waals surface area contributed by atoms with Crippen LogP contribution in [0.5, 0.6) is 5.75 Å². The third-order valence-corrected chi connectivity index (χ3v) is 5.92. The molecule has 0 saturated carbocycles. The maximum Gasteiger partial charge on any atom is 0.330 e. The Morgan fingerprint density at radius 3 is 2.23 bits per heavy atom. The number of hydrogen-bond donors (Lipinski definition) is 2. The highest BCUT2D eigenvalue weighted by atomic mass is 16.5. The van der Waals surface area contributed by atoms with E-state index in [1.54, 1.807) is 25.3 Å². The van der Waals surface area contributed by atoms with Crippen LogP contribution in [0.1, 0.15) is 38.2 Å². The normalized spacial score (nSPS) is 14.0. The van der Waals surface area contributed by atoms with Crippen molar-refractivity contribution in [3.63, 3.8) is 0 Å². The van der Waals surface area contributed by atoms with Crippen molar-refractivity contribution >= 4 is 11.9 Å².